The number of fused-ring (bicyclic) bond motifs is 8. The fourth-order valence-electron chi connectivity index (χ4n) is 15.9. The largest absolute Gasteiger partial charge is 0.483 e. The summed E-state index contributed by atoms with van der Waals surface area (Å²) in [5.41, 5.74) is 20.2. The van der Waals surface area contributed by atoms with E-state index in [1.807, 2.05) is 267 Å². The van der Waals surface area contributed by atoms with Crippen molar-refractivity contribution in [2.45, 2.75) is 51.4 Å². The van der Waals surface area contributed by atoms with Crippen LogP contribution >= 0.6 is 0 Å². The molecular weight excluding hydrogens is 1710 g/mol. The summed E-state index contributed by atoms with van der Waals surface area (Å²) < 4.78 is 27.5. The average Bonchev–Trinajstić information content (AvgIpc) is 0.775. The van der Waals surface area contributed by atoms with Crippen molar-refractivity contribution < 1.29 is 38.1 Å². The maximum Gasteiger partial charge on any atom is 0.257 e. The minimum Gasteiger partial charge on any atom is -0.483 e. The van der Waals surface area contributed by atoms with Gasteiger partial charge in [0.25, 0.3) is 23.6 Å². The molecule has 1 aliphatic rings. The summed E-state index contributed by atoms with van der Waals surface area (Å²) in [4.78, 5) is 114. The molecule has 680 valence electrons. The van der Waals surface area contributed by atoms with Gasteiger partial charge in [-0.05, 0) is 216 Å². The van der Waals surface area contributed by atoms with Gasteiger partial charge in [0.05, 0.1) is 91.1 Å². The maximum atomic E-state index is 14.3. The van der Waals surface area contributed by atoms with Crippen LogP contribution in [0.25, 0.3) is 91.1 Å². The van der Waals surface area contributed by atoms with Gasteiger partial charge in [-0.3, -0.25) is 59.0 Å². The first-order valence-electron chi connectivity index (χ1n) is 45.4. The Labute approximate surface area is 787 Å². The van der Waals surface area contributed by atoms with E-state index in [9.17, 15) is 19.2 Å². The van der Waals surface area contributed by atoms with Gasteiger partial charge in [-0.15, -0.1) is 0 Å². The molecule has 0 aliphatic heterocycles. The number of para-hydroxylation sites is 4. The summed E-state index contributed by atoms with van der Waals surface area (Å²) in [5.74, 6) is 0.449. The van der Waals surface area contributed by atoms with E-state index in [0.717, 1.165) is 113 Å². The highest BCUT2D eigenvalue weighted by Gasteiger charge is 2.26. The normalized spacial score (nSPS) is 11.4. The monoisotopic (exact) mass is 1800 g/mol. The number of amides is 4. The molecule has 0 atom stereocenters. The number of nitrogens with one attached hydrogen (secondary N) is 8. The van der Waals surface area contributed by atoms with Crippen LogP contribution < -0.4 is 61.5 Å². The van der Waals surface area contributed by atoms with Gasteiger partial charge in [0.15, 0.2) is 26.4 Å². The van der Waals surface area contributed by atoms with Gasteiger partial charge in [-0.25, -0.2) is 19.9 Å². The van der Waals surface area contributed by atoms with E-state index in [4.69, 9.17) is 38.9 Å². The number of hydrogen-bond donors (Lipinski definition) is 8. The lowest BCUT2D eigenvalue weighted by molar-refractivity contribution is -0.123. The highest BCUT2D eigenvalue weighted by atomic mass is 16.5. The molecule has 0 unspecified atom stereocenters. The number of pyridine rings is 12. The SMILES string of the molecule is O=C(COc1c2cccc1Cc1cccc(c1OCC(=O)NCCCNc1cc(-c3ccccn3)nc(-c3ccccn3)c1)Cc1cccc(c1OCC(=O)NCCCNc1cc(-c3ccccn3)nc(-c3ccccn3)c1)Cc1cccc(c1OCC(=O)NCCCNc1cc(-c3ccccn3)nc(-c3ccccn3)c1)C2)NCCCNc1cc(-c2ccccn2)nc(-c2ccccn2)c1. The summed E-state index contributed by atoms with van der Waals surface area (Å²) in [7, 11) is 0. The zero-order chi connectivity index (χ0) is 92.7. The van der Waals surface area contributed by atoms with Gasteiger partial charge in [-0.2, -0.15) is 0 Å². The molecule has 8 bridgehead atoms. The molecule has 4 amide bonds. The number of nitrogens with zero attached hydrogens (tertiary/aromatic N) is 12. The molecule has 4 aromatic carbocycles. The van der Waals surface area contributed by atoms with Crippen molar-refractivity contribution in [3.63, 3.8) is 0 Å². The van der Waals surface area contributed by atoms with Crippen LogP contribution in [0.5, 0.6) is 23.0 Å². The van der Waals surface area contributed by atoms with E-state index in [1.165, 1.54) is 0 Å². The van der Waals surface area contributed by atoms with Gasteiger partial charge in [0, 0.05) is 150 Å². The van der Waals surface area contributed by atoms with E-state index in [2.05, 4.69) is 82.4 Å². The minimum atomic E-state index is -0.343. The lowest BCUT2D eigenvalue weighted by atomic mass is 9.91. The highest BCUT2D eigenvalue weighted by molar-refractivity contribution is 5.81. The molecule has 0 saturated carbocycles. The van der Waals surface area contributed by atoms with Gasteiger partial charge < -0.3 is 61.5 Å². The number of aromatic nitrogens is 12. The number of anilines is 4. The third-order valence-corrected chi connectivity index (χ3v) is 22.4. The predicted molar refractivity (Wildman–Crippen MR) is 526 cm³/mol. The molecule has 12 heterocycles. The van der Waals surface area contributed by atoms with Crippen LogP contribution in [0, 0.1) is 0 Å². The predicted octanol–water partition coefficient (Wildman–Crippen LogP) is 16.4. The van der Waals surface area contributed by atoms with Crippen LogP contribution in [0.1, 0.15) is 70.2 Å². The Morgan fingerprint density at radius 2 is 0.375 bits per heavy atom. The third-order valence-electron chi connectivity index (χ3n) is 22.4. The lowest BCUT2D eigenvalue weighted by Crippen LogP contribution is -2.31. The first-order valence-corrected chi connectivity index (χ1v) is 45.4. The Morgan fingerprint density at radius 3 is 0.529 bits per heavy atom. The quantitative estimate of drug-likeness (QED) is 0.0165. The van der Waals surface area contributed by atoms with Crippen molar-refractivity contribution in [3.05, 3.63) is 361 Å². The Hall–Kier alpha value is -17.0. The van der Waals surface area contributed by atoms with Crippen molar-refractivity contribution in [3.8, 4) is 114 Å². The summed E-state index contributed by atoms with van der Waals surface area (Å²) in [5, 5.41) is 26.5. The molecule has 16 aromatic rings. The second-order valence-electron chi connectivity index (χ2n) is 32.2. The molecule has 0 fully saturated rings. The maximum absolute atomic E-state index is 14.3. The van der Waals surface area contributed by atoms with Crippen molar-refractivity contribution in [2.75, 3.05) is 100 Å². The second-order valence-corrected chi connectivity index (χ2v) is 32.2. The summed E-state index contributed by atoms with van der Waals surface area (Å²) in [6, 6.07) is 84.8. The first-order chi connectivity index (χ1) is 67.0. The zero-order valence-corrected chi connectivity index (χ0v) is 74.8. The zero-order valence-electron chi connectivity index (χ0n) is 74.8. The van der Waals surface area contributed by atoms with Crippen LogP contribution in [0.2, 0.25) is 0 Å². The molecule has 1 aliphatic carbocycles. The lowest BCUT2D eigenvalue weighted by Gasteiger charge is -2.22. The Bertz CT molecular complexity index is 5610. The molecule has 0 saturated heterocycles. The van der Waals surface area contributed by atoms with Gasteiger partial charge in [-0.1, -0.05) is 121 Å². The summed E-state index contributed by atoms with van der Waals surface area (Å²) >= 11 is 0. The van der Waals surface area contributed by atoms with Gasteiger partial charge >= 0.3 is 0 Å². The fraction of sp³-hybridized carbons (Fsp3) is 0.185. The van der Waals surface area contributed by atoms with Gasteiger partial charge in [0.1, 0.15) is 23.0 Å². The Balaban J connectivity index is 0.632. The van der Waals surface area contributed by atoms with Crippen molar-refractivity contribution in [2.24, 2.45) is 0 Å². The number of benzene rings is 4. The Morgan fingerprint density at radius 1 is 0.206 bits per heavy atom. The molecule has 17 rings (SSSR count). The average molecular weight is 1810 g/mol. The van der Waals surface area contributed by atoms with E-state index >= 15 is 0 Å². The number of ether oxygens (including phenoxy) is 4. The molecule has 28 nitrogen and oxygen atoms in total. The van der Waals surface area contributed by atoms with Crippen molar-refractivity contribution >= 4 is 46.4 Å². The van der Waals surface area contributed by atoms with E-state index in [-0.39, 0.29) is 75.7 Å². The fourth-order valence-corrected chi connectivity index (χ4v) is 15.9. The molecule has 12 aromatic heterocycles. The smallest absolute Gasteiger partial charge is 0.257 e. The number of hydrogen-bond acceptors (Lipinski definition) is 24. The molecular formula is C108H100N20O8. The topological polar surface area (TPSA) is 356 Å². The number of carbonyl (C=O) groups excluding carboxylic acids is 4. The summed E-state index contributed by atoms with van der Waals surface area (Å²) in [6.45, 7) is 1.97. The molecule has 0 spiro atoms. The van der Waals surface area contributed by atoms with Crippen LogP contribution in [-0.2, 0) is 44.9 Å². The standard InChI is InChI=1S/C108H100N20O8/c129-101(121-53-21-49-109-81-61-93(85-33-1-9-41-113-85)125-94(62-81)86-34-2-10-42-114-86)69-133-105-73-25-17-26-74(105)58-76-28-19-30-78(107(76)135-71-103(131)123-55-23-51-111-83-65-97(89-37-5-13-45-117-89)127-98(66-83)90-38-6-14-46-118-90)60-80-32-20-31-79(108(80)136-72-104(132)124-56-24-52-112-84-67-99(91-39-7-15-47-119-91)128-100(68-84)92-40-8-16-48-120-92)59-77-29-18-27-75(57-73)106(77)134-70-102(130)122-54-22-50-110-82-63-95(87-35-3-11-43-115-87)126-96(64-82)88-36-4-12-44-116-88/h1-20,25-48,61-68H,21-24,49-60,69-72H2,(H,109,125)(H,110,126)(H,111,127)(H,112,128)(H,121,129)(H,122,130)(H,123,131)(H,124,132). The van der Waals surface area contributed by atoms with E-state index in [1.54, 1.807) is 49.6 Å². The van der Waals surface area contributed by atoms with Crippen LogP contribution in [0.15, 0.2) is 316 Å². The van der Waals surface area contributed by atoms with E-state index < -0.39 is 0 Å². The molecule has 136 heavy (non-hydrogen) atoms. The highest BCUT2D eigenvalue weighted by Crippen LogP contribution is 2.41. The minimum absolute atomic E-state index is 0.214. The van der Waals surface area contributed by atoms with Crippen LogP contribution in [0.4, 0.5) is 22.7 Å². The molecule has 28 heteroatoms. The van der Waals surface area contributed by atoms with Crippen molar-refractivity contribution in [1.29, 1.82) is 0 Å². The van der Waals surface area contributed by atoms with Gasteiger partial charge in [0.2, 0.25) is 0 Å². The van der Waals surface area contributed by atoms with Crippen molar-refractivity contribution in [1.82, 2.24) is 81.1 Å². The number of carbonyl (C=O) groups is 4. The number of rotatable bonds is 40. The first kappa shape index (κ1) is 90.9. The van der Waals surface area contributed by atoms with Crippen LogP contribution in [-0.4, -0.2) is 162 Å². The summed E-state index contributed by atoms with van der Waals surface area (Å²) in [6.07, 6.45) is 17.0. The Kier molecular flexibility index (Phi) is 30.8. The van der Waals surface area contributed by atoms with Crippen LogP contribution in [0.3, 0.4) is 0 Å². The molecule has 0 radical (unpaired) electrons. The molecule has 8 N–H and O–H groups in total. The second kappa shape index (κ2) is 46.2. The van der Waals surface area contributed by atoms with E-state index in [0.29, 0.717) is 147 Å². The third kappa shape index (κ3) is 25.0.